The van der Waals surface area contributed by atoms with Crippen LogP contribution in [0.1, 0.15) is 24.0 Å². The SMILES string of the molecule is CC(=O)OCC1Cc2c(-c3ccc(F)cn3)cccc2-c2c(O)ccc(-c3ccc(Br)cc3)c21. The summed E-state index contributed by atoms with van der Waals surface area (Å²) in [5, 5.41) is 11.0. The fourth-order valence-electron chi connectivity index (χ4n) is 4.72. The Morgan fingerprint density at radius 1 is 1.06 bits per heavy atom. The van der Waals surface area contributed by atoms with Crippen LogP contribution in [0.2, 0.25) is 0 Å². The summed E-state index contributed by atoms with van der Waals surface area (Å²) in [6.07, 6.45) is 1.78. The van der Waals surface area contributed by atoms with Crippen molar-refractivity contribution in [2.24, 2.45) is 0 Å². The molecule has 6 heteroatoms. The molecule has 1 heterocycles. The number of ether oxygens (including phenoxy) is 1. The van der Waals surface area contributed by atoms with E-state index in [1.807, 2.05) is 48.5 Å². The Labute approximate surface area is 205 Å². The lowest BCUT2D eigenvalue weighted by atomic mass is 9.74. The second-order valence-electron chi connectivity index (χ2n) is 8.32. The summed E-state index contributed by atoms with van der Waals surface area (Å²) in [6.45, 7) is 1.57. The molecule has 3 aromatic carbocycles. The number of aromatic nitrogens is 1. The fourth-order valence-corrected chi connectivity index (χ4v) is 4.99. The highest BCUT2D eigenvalue weighted by molar-refractivity contribution is 9.10. The number of phenols is 1. The monoisotopic (exact) mass is 517 g/mol. The third-order valence-electron chi connectivity index (χ3n) is 6.17. The fraction of sp³-hybridized carbons (Fsp3) is 0.143. The van der Waals surface area contributed by atoms with Crippen LogP contribution < -0.4 is 0 Å². The number of halogens is 2. The third-order valence-corrected chi connectivity index (χ3v) is 6.70. The standard InChI is InChI=1S/C28H21BrFNO3/c1-16(32)34-15-18-13-24-22(25-11-9-20(30)14-31-25)3-2-4-23(24)28-26(33)12-10-21(27(18)28)17-5-7-19(29)8-6-17/h2-12,14,18,33H,13,15H2,1H3. The molecule has 4 aromatic rings. The topological polar surface area (TPSA) is 59.4 Å². The van der Waals surface area contributed by atoms with Gasteiger partial charge in [-0.05, 0) is 64.6 Å². The second kappa shape index (κ2) is 9.03. The number of carbonyl (C=O) groups is 1. The summed E-state index contributed by atoms with van der Waals surface area (Å²) in [7, 11) is 0. The van der Waals surface area contributed by atoms with Crippen LogP contribution in [0.4, 0.5) is 4.39 Å². The first kappa shape index (κ1) is 22.3. The summed E-state index contributed by atoms with van der Waals surface area (Å²) in [6, 6.07) is 20.5. The van der Waals surface area contributed by atoms with E-state index in [1.54, 1.807) is 12.1 Å². The minimum Gasteiger partial charge on any atom is -0.507 e. The van der Waals surface area contributed by atoms with Gasteiger partial charge in [-0.2, -0.15) is 0 Å². The van der Waals surface area contributed by atoms with Gasteiger partial charge in [-0.25, -0.2) is 4.39 Å². The quantitative estimate of drug-likeness (QED) is 0.299. The lowest BCUT2D eigenvalue weighted by Gasteiger charge is -2.31. The van der Waals surface area contributed by atoms with Gasteiger partial charge < -0.3 is 9.84 Å². The zero-order valence-electron chi connectivity index (χ0n) is 18.4. The van der Waals surface area contributed by atoms with Gasteiger partial charge in [0.2, 0.25) is 0 Å². The van der Waals surface area contributed by atoms with E-state index in [2.05, 4.69) is 20.9 Å². The number of fused-ring (bicyclic) bond motifs is 3. The molecule has 1 aromatic heterocycles. The molecule has 1 atom stereocenters. The number of esters is 1. The van der Waals surface area contributed by atoms with Crippen LogP contribution in [0, 0.1) is 5.82 Å². The predicted octanol–water partition coefficient (Wildman–Crippen LogP) is 6.89. The van der Waals surface area contributed by atoms with Gasteiger partial charge in [-0.1, -0.05) is 52.3 Å². The van der Waals surface area contributed by atoms with E-state index in [0.29, 0.717) is 12.1 Å². The molecule has 1 N–H and O–H groups in total. The first-order valence-corrected chi connectivity index (χ1v) is 11.7. The van der Waals surface area contributed by atoms with Crippen LogP contribution in [-0.4, -0.2) is 22.7 Å². The molecule has 0 saturated heterocycles. The average molecular weight is 518 g/mol. The number of rotatable bonds is 4. The highest BCUT2D eigenvalue weighted by Crippen LogP contribution is 2.50. The van der Waals surface area contributed by atoms with E-state index < -0.39 is 5.82 Å². The zero-order chi connectivity index (χ0) is 23.8. The molecule has 0 saturated carbocycles. The van der Waals surface area contributed by atoms with Crippen LogP contribution in [-0.2, 0) is 16.0 Å². The van der Waals surface area contributed by atoms with Crippen molar-refractivity contribution in [3.05, 3.63) is 94.3 Å². The highest BCUT2D eigenvalue weighted by atomic mass is 79.9. The van der Waals surface area contributed by atoms with Crippen molar-refractivity contribution in [2.75, 3.05) is 6.61 Å². The summed E-state index contributed by atoms with van der Waals surface area (Å²) in [4.78, 5) is 16.0. The van der Waals surface area contributed by atoms with Crippen molar-refractivity contribution in [1.82, 2.24) is 4.98 Å². The Bertz CT molecular complexity index is 1380. The van der Waals surface area contributed by atoms with Crippen molar-refractivity contribution >= 4 is 21.9 Å². The van der Waals surface area contributed by atoms with E-state index in [0.717, 1.165) is 43.4 Å². The van der Waals surface area contributed by atoms with Crippen molar-refractivity contribution in [3.63, 3.8) is 0 Å². The van der Waals surface area contributed by atoms with Gasteiger partial charge in [0.05, 0.1) is 18.5 Å². The van der Waals surface area contributed by atoms with Gasteiger partial charge in [0, 0.05) is 28.4 Å². The Balaban J connectivity index is 1.75. The largest absolute Gasteiger partial charge is 0.507 e. The highest BCUT2D eigenvalue weighted by Gasteiger charge is 2.32. The first-order chi connectivity index (χ1) is 16.4. The molecule has 170 valence electrons. The molecule has 0 spiro atoms. The predicted molar refractivity (Wildman–Crippen MR) is 133 cm³/mol. The van der Waals surface area contributed by atoms with Crippen LogP contribution in [0.5, 0.6) is 5.75 Å². The van der Waals surface area contributed by atoms with Crippen molar-refractivity contribution in [3.8, 4) is 39.3 Å². The minimum absolute atomic E-state index is 0.161. The van der Waals surface area contributed by atoms with Crippen LogP contribution in [0.3, 0.4) is 0 Å². The van der Waals surface area contributed by atoms with Crippen molar-refractivity contribution in [2.45, 2.75) is 19.3 Å². The van der Waals surface area contributed by atoms with Gasteiger partial charge in [0.1, 0.15) is 11.6 Å². The lowest BCUT2D eigenvalue weighted by Crippen LogP contribution is -2.20. The molecule has 1 unspecified atom stereocenters. The first-order valence-electron chi connectivity index (χ1n) is 10.9. The summed E-state index contributed by atoms with van der Waals surface area (Å²) < 4.78 is 20.0. The molecule has 1 aliphatic rings. The number of aromatic hydroxyl groups is 1. The number of benzene rings is 3. The number of nitrogens with zero attached hydrogens (tertiary/aromatic N) is 1. The maximum absolute atomic E-state index is 13.5. The van der Waals surface area contributed by atoms with Crippen molar-refractivity contribution in [1.29, 1.82) is 0 Å². The molecule has 0 aliphatic heterocycles. The van der Waals surface area contributed by atoms with E-state index >= 15 is 0 Å². The summed E-state index contributed by atoms with van der Waals surface area (Å²) >= 11 is 3.49. The molecule has 0 radical (unpaired) electrons. The van der Waals surface area contributed by atoms with E-state index in [-0.39, 0.29) is 24.2 Å². The number of phenolic OH excluding ortho intramolecular Hbond substituents is 1. The average Bonchev–Trinajstić information content (AvgIpc) is 2.83. The zero-order valence-corrected chi connectivity index (χ0v) is 20.0. The second-order valence-corrected chi connectivity index (χ2v) is 9.24. The lowest BCUT2D eigenvalue weighted by molar-refractivity contribution is -0.141. The minimum atomic E-state index is -0.400. The molecule has 5 rings (SSSR count). The summed E-state index contributed by atoms with van der Waals surface area (Å²) in [5.74, 6) is -0.776. The van der Waals surface area contributed by atoms with Crippen LogP contribution >= 0.6 is 15.9 Å². The Kier molecular flexibility index (Phi) is 5.92. The number of pyridine rings is 1. The van der Waals surface area contributed by atoms with Gasteiger partial charge in [-0.3, -0.25) is 9.78 Å². The molecule has 4 nitrogen and oxygen atoms in total. The molecule has 0 fully saturated rings. The molecular formula is C28H21BrFNO3. The maximum atomic E-state index is 13.5. The van der Waals surface area contributed by atoms with E-state index in [9.17, 15) is 14.3 Å². The molecule has 1 aliphatic carbocycles. The smallest absolute Gasteiger partial charge is 0.302 e. The Morgan fingerprint density at radius 3 is 2.53 bits per heavy atom. The normalized spacial score (nSPS) is 14.3. The number of hydrogen-bond donors (Lipinski definition) is 1. The molecule has 34 heavy (non-hydrogen) atoms. The van der Waals surface area contributed by atoms with Gasteiger partial charge in [-0.15, -0.1) is 0 Å². The third kappa shape index (κ3) is 4.10. The van der Waals surface area contributed by atoms with E-state index in [1.165, 1.54) is 19.2 Å². The van der Waals surface area contributed by atoms with Crippen LogP contribution in [0.25, 0.3) is 33.5 Å². The van der Waals surface area contributed by atoms with Crippen LogP contribution in [0.15, 0.2) is 77.4 Å². The van der Waals surface area contributed by atoms with E-state index in [4.69, 9.17) is 4.74 Å². The summed E-state index contributed by atoms with van der Waals surface area (Å²) in [5.41, 5.74) is 7.05. The number of carbonyl (C=O) groups excluding carboxylic acids is 1. The Morgan fingerprint density at radius 2 is 1.82 bits per heavy atom. The number of hydrogen-bond acceptors (Lipinski definition) is 4. The van der Waals surface area contributed by atoms with Gasteiger partial charge >= 0.3 is 5.97 Å². The molecule has 0 amide bonds. The molecular weight excluding hydrogens is 497 g/mol. The molecule has 0 bridgehead atoms. The van der Waals surface area contributed by atoms with Gasteiger partial charge in [0.25, 0.3) is 0 Å². The maximum Gasteiger partial charge on any atom is 0.302 e. The Hall–Kier alpha value is -3.51. The van der Waals surface area contributed by atoms with Crippen molar-refractivity contribution < 1.29 is 19.0 Å². The van der Waals surface area contributed by atoms with Gasteiger partial charge in [0.15, 0.2) is 0 Å².